The zero-order valence-corrected chi connectivity index (χ0v) is 10.5. The summed E-state index contributed by atoms with van der Waals surface area (Å²) >= 11 is 0. The van der Waals surface area contributed by atoms with E-state index >= 15 is 0 Å². The van der Waals surface area contributed by atoms with Crippen molar-refractivity contribution < 1.29 is 9.90 Å². The molecule has 1 amide bonds. The van der Waals surface area contributed by atoms with Crippen LogP contribution in [0.25, 0.3) is 0 Å². The molecule has 0 bridgehead atoms. The SMILES string of the molecule is CCCC(C#N)(CCC)C(=O)N(C)CCO. The summed E-state index contributed by atoms with van der Waals surface area (Å²) in [4.78, 5) is 13.6. The molecule has 0 fully saturated rings. The topological polar surface area (TPSA) is 64.3 Å². The second kappa shape index (κ2) is 7.24. The summed E-state index contributed by atoms with van der Waals surface area (Å²) in [7, 11) is 1.63. The number of nitriles is 1. The van der Waals surface area contributed by atoms with E-state index in [2.05, 4.69) is 6.07 Å². The van der Waals surface area contributed by atoms with Crippen molar-refractivity contribution in [1.29, 1.82) is 5.26 Å². The Morgan fingerprint density at radius 3 is 2.19 bits per heavy atom. The first kappa shape index (κ1) is 14.9. The Kier molecular flexibility index (Phi) is 6.75. The van der Waals surface area contributed by atoms with Crippen LogP contribution in [0.3, 0.4) is 0 Å². The molecule has 0 aromatic heterocycles. The van der Waals surface area contributed by atoms with Crippen LogP contribution in [0.4, 0.5) is 0 Å². The van der Waals surface area contributed by atoms with Gasteiger partial charge in [0.2, 0.25) is 5.91 Å². The monoisotopic (exact) mass is 226 g/mol. The van der Waals surface area contributed by atoms with Gasteiger partial charge in [-0.05, 0) is 12.8 Å². The number of hydrogen-bond donors (Lipinski definition) is 1. The Morgan fingerprint density at radius 1 is 1.38 bits per heavy atom. The van der Waals surface area contributed by atoms with E-state index in [9.17, 15) is 10.1 Å². The van der Waals surface area contributed by atoms with Crippen LogP contribution in [-0.4, -0.2) is 36.1 Å². The standard InChI is InChI=1S/C12H22N2O2/c1-4-6-12(10-13,7-5-2)11(16)14(3)8-9-15/h15H,4-9H2,1-3H3. The van der Waals surface area contributed by atoms with E-state index in [-0.39, 0.29) is 19.1 Å². The first-order chi connectivity index (χ1) is 7.57. The maximum Gasteiger partial charge on any atom is 0.242 e. The van der Waals surface area contributed by atoms with Crippen LogP contribution in [0, 0.1) is 16.7 Å². The fraction of sp³-hybridized carbons (Fsp3) is 0.833. The molecular weight excluding hydrogens is 204 g/mol. The molecule has 0 aromatic carbocycles. The minimum absolute atomic E-state index is 0.0675. The van der Waals surface area contributed by atoms with Crippen molar-refractivity contribution in [3.05, 3.63) is 0 Å². The van der Waals surface area contributed by atoms with Gasteiger partial charge in [-0.2, -0.15) is 5.26 Å². The molecule has 0 rings (SSSR count). The number of carbonyl (C=O) groups excluding carboxylic acids is 1. The largest absolute Gasteiger partial charge is 0.395 e. The fourth-order valence-corrected chi connectivity index (χ4v) is 1.97. The maximum atomic E-state index is 12.2. The summed E-state index contributed by atoms with van der Waals surface area (Å²) in [5, 5.41) is 18.1. The Balaban J connectivity index is 4.87. The van der Waals surface area contributed by atoms with Gasteiger partial charge in [0.1, 0.15) is 5.41 Å². The van der Waals surface area contributed by atoms with E-state index in [1.54, 1.807) is 7.05 Å². The van der Waals surface area contributed by atoms with Gasteiger partial charge in [0.05, 0.1) is 12.7 Å². The van der Waals surface area contributed by atoms with Gasteiger partial charge in [-0.15, -0.1) is 0 Å². The molecule has 0 unspecified atom stereocenters. The molecule has 0 atom stereocenters. The molecule has 4 nitrogen and oxygen atoms in total. The average molecular weight is 226 g/mol. The Bertz CT molecular complexity index is 252. The summed E-state index contributed by atoms with van der Waals surface area (Å²) in [5.74, 6) is -0.159. The van der Waals surface area contributed by atoms with Crippen LogP contribution in [0.5, 0.6) is 0 Å². The molecular formula is C12H22N2O2. The highest BCUT2D eigenvalue weighted by Gasteiger charge is 2.38. The van der Waals surface area contributed by atoms with Crippen molar-refractivity contribution in [1.82, 2.24) is 4.90 Å². The molecule has 16 heavy (non-hydrogen) atoms. The fourth-order valence-electron chi connectivity index (χ4n) is 1.97. The molecule has 0 saturated carbocycles. The lowest BCUT2D eigenvalue weighted by Crippen LogP contribution is -2.42. The highest BCUT2D eigenvalue weighted by molar-refractivity contribution is 5.85. The van der Waals surface area contributed by atoms with Gasteiger partial charge in [-0.25, -0.2) is 0 Å². The van der Waals surface area contributed by atoms with Crippen molar-refractivity contribution in [3.63, 3.8) is 0 Å². The van der Waals surface area contributed by atoms with Gasteiger partial charge in [0.15, 0.2) is 0 Å². The van der Waals surface area contributed by atoms with Crippen LogP contribution >= 0.6 is 0 Å². The number of aliphatic hydroxyl groups is 1. The lowest BCUT2D eigenvalue weighted by Gasteiger charge is -2.29. The number of aliphatic hydroxyl groups excluding tert-OH is 1. The van der Waals surface area contributed by atoms with E-state index in [0.717, 1.165) is 12.8 Å². The number of amides is 1. The van der Waals surface area contributed by atoms with Crippen molar-refractivity contribution in [3.8, 4) is 6.07 Å². The summed E-state index contributed by atoms with van der Waals surface area (Å²) in [6, 6.07) is 2.18. The second-order valence-corrected chi connectivity index (χ2v) is 4.14. The number of carbonyl (C=O) groups is 1. The van der Waals surface area contributed by atoms with Crippen molar-refractivity contribution in [2.75, 3.05) is 20.2 Å². The van der Waals surface area contributed by atoms with Crippen LogP contribution in [-0.2, 0) is 4.79 Å². The highest BCUT2D eigenvalue weighted by Crippen LogP contribution is 2.31. The number of hydrogen-bond acceptors (Lipinski definition) is 3. The van der Waals surface area contributed by atoms with E-state index in [1.807, 2.05) is 13.8 Å². The zero-order chi connectivity index (χ0) is 12.6. The Hall–Kier alpha value is -1.08. The predicted octanol–water partition coefficient (Wildman–Crippen LogP) is 1.55. The van der Waals surface area contributed by atoms with Crippen LogP contribution in [0.2, 0.25) is 0 Å². The molecule has 0 saturated heterocycles. The third-order valence-corrected chi connectivity index (χ3v) is 2.76. The second-order valence-electron chi connectivity index (χ2n) is 4.14. The van der Waals surface area contributed by atoms with Crippen LogP contribution in [0.1, 0.15) is 39.5 Å². The third-order valence-electron chi connectivity index (χ3n) is 2.76. The molecule has 0 aromatic rings. The molecule has 0 aliphatic rings. The highest BCUT2D eigenvalue weighted by atomic mass is 16.3. The maximum absolute atomic E-state index is 12.2. The first-order valence-electron chi connectivity index (χ1n) is 5.85. The minimum atomic E-state index is -0.895. The Morgan fingerprint density at radius 2 is 1.88 bits per heavy atom. The molecule has 0 spiro atoms. The Labute approximate surface area is 97.9 Å². The van der Waals surface area contributed by atoms with Gasteiger partial charge < -0.3 is 10.0 Å². The molecule has 0 aliphatic carbocycles. The molecule has 92 valence electrons. The predicted molar refractivity (Wildman–Crippen MR) is 62.6 cm³/mol. The summed E-state index contributed by atoms with van der Waals surface area (Å²) in [5.41, 5.74) is -0.895. The van der Waals surface area contributed by atoms with Gasteiger partial charge >= 0.3 is 0 Å². The average Bonchev–Trinajstić information content (AvgIpc) is 2.28. The quantitative estimate of drug-likeness (QED) is 0.716. The van der Waals surface area contributed by atoms with Gasteiger partial charge in [0, 0.05) is 13.6 Å². The molecule has 0 heterocycles. The van der Waals surface area contributed by atoms with Gasteiger partial charge in [0.25, 0.3) is 0 Å². The van der Waals surface area contributed by atoms with Gasteiger partial charge in [-0.1, -0.05) is 26.7 Å². The molecule has 0 radical (unpaired) electrons. The molecule has 1 N–H and O–H groups in total. The van der Waals surface area contributed by atoms with E-state index in [0.29, 0.717) is 12.8 Å². The zero-order valence-electron chi connectivity index (χ0n) is 10.5. The van der Waals surface area contributed by atoms with Crippen LogP contribution in [0.15, 0.2) is 0 Å². The van der Waals surface area contributed by atoms with E-state index in [4.69, 9.17) is 5.11 Å². The third kappa shape index (κ3) is 3.49. The van der Waals surface area contributed by atoms with Crippen LogP contribution < -0.4 is 0 Å². The van der Waals surface area contributed by atoms with Crippen molar-refractivity contribution in [2.45, 2.75) is 39.5 Å². The number of nitrogens with zero attached hydrogens (tertiary/aromatic N) is 2. The lowest BCUT2D eigenvalue weighted by molar-refractivity contribution is -0.139. The number of rotatable bonds is 7. The summed E-state index contributed by atoms with van der Waals surface area (Å²) in [6.45, 7) is 4.17. The smallest absolute Gasteiger partial charge is 0.242 e. The van der Waals surface area contributed by atoms with Crippen molar-refractivity contribution in [2.24, 2.45) is 5.41 Å². The van der Waals surface area contributed by atoms with Gasteiger partial charge in [-0.3, -0.25) is 4.79 Å². The normalized spacial score (nSPS) is 10.9. The van der Waals surface area contributed by atoms with E-state index in [1.165, 1.54) is 4.90 Å². The first-order valence-corrected chi connectivity index (χ1v) is 5.85. The molecule has 4 heteroatoms. The van der Waals surface area contributed by atoms with E-state index < -0.39 is 5.41 Å². The minimum Gasteiger partial charge on any atom is -0.395 e. The number of likely N-dealkylation sites (N-methyl/N-ethyl adjacent to an activating group) is 1. The summed E-state index contributed by atoms with van der Waals surface area (Å²) < 4.78 is 0. The molecule has 0 aliphatic heterocycles. The lowest BCUT2D eigenvalue weighted by atomic mass is 9.79. The summed E-state index contributed by atoms with van der Waals surface area (Å²) in [6.07, 6.45) is 2.80. The van der Waals surface area contributed by atoms with Crippen molar-refractivity contribution >= 4 is 5.91 Å².